The molecule has 2 aromatic carbocycles. The zero-order valence-corrected chi connectivity index (χ0v) is 18.8. The monoisotopic (exact) mass is 502 g/mol. The molecule has 0 spiro atoms. The Morgan fingerprint density at radius 3 is 1.60 bits per heavy atom. The Balaban J connectivity index is 0.000000167. The zero-order chi connectivity index (χ0) is 21.8. The molecule has 2 aromatic heterocycles. The van der Waals surface area contributed by atoms with Crippen molar-refractivity contribution in [3.05, 3.63) is 112 Å². The van der Waals surface area contributed by atoms with Gasteiger partial charge < -0.3 is 10.0 Å². The van der Waals surface area contributed by atoms with E-state index in [9.17, 15) is 0 Å². The highest BCUT2D eigenvalue weighted by Gasteiger charge is 2.07. The first kappa shape index (κ1) is 24.1. The van der Waals surface area contributed by atoms with Gasteiger partial charge in [0.2, 0.25) is 0 Å². The van der Waals surface area contributed by atoms with Crippen molar-refractivity contribution >= 4 is 51.7 Å². The third kappa shape index (κ3) is 9.07. The molecule has 30 heavy (non-hydrogen) atoms. The lowest BCUT2D eigenvalue weighted by atomic mass is 9.81. The smallest absolute Gasteiger partial charge is 0.423 e. The molecule has 0 saturated carbocycles. The number of pyridine rings is 2. The molecular formula is C22H18BBrCl2N2O2. The van der Waals surface area contributed by atoms with Crippen molar-refractivity contribution in [2.24, 2.45) is 0 Å². The predicted octanol–water partition coefficient (Wildman–Crippen LogP) is 5.27. The van der Waals surface area contributed by atoms with Crippen molar-refractivity contribution in [2.75, 3.05) is 0 Å². The van der Waals surface area contributed by atoms with E-state index in [1.54, 1.807) is 48.8 Å². The molecule has 152 valence electrons. The Kier molecular flexibility index (Phi) is 10.6. The summed E-state index contributed by atoms with van der Waals surface area (Å²) in [6.07, 6.45) is 3.25. The van der Waals surface area contributed by atoms with Gasteiger partial charge in [0.1, 0.15) is 4.60 Å². The Hall–Kier alpha value is -2.22. The van der Waals surface area contributed by atoms with Gasteiger partial charge in [0.15, 0.2) is 0 Å². The van der Waals surface area contributed by atoms with Crippen molar-refractivity contribution in [3.63, 3.8) is 0 Å². The molecule has 0 aliphatic heterocycles. The third-order valence-corrected chi connectivity index (χ3v) is 4.50. The van der Waals surface area contributed by atoms with Crippen LogP contribution in [0.5, 0.6) is 0 Å². The first-order chi connectivity index (χ1) is 14.5. The summed E-state index contributed by atoms with van der Waals surface area (Å²) in [5.41, 5.74) is 2.58. The average molecular weight is 504 g/mol. The van der Waals surface area contributed by atoms with Crippen molar-refractivity contribution in [1.82, 2.24) is 9.97 Å². The minimum atomic E-state index is -1.34. The Bertz CT molecular complexity index is 970. The summed E-state index contributed by atoms with van der Waals surface area (Å²) in [5, 5.41) is 18.5. The lowest BCUT2D eigenvalue weighted by Crippen LogP contribution is -2.29. The number of aromatic nitrogens is 2. The number of halogens is 3. The summed E-state index contributed by atoms with van der Waals surface area (Å²) in [6, 6.07) is 26.0. The first-order valence-corrected chi connectivity index (χ1v) is 10.4. The van der Waals surface area contributed by atoms with E-state index >= 15 is 0 Å². The van der Waals surface area contributed by atoms with Crippen LogP contribution in [-0.4, -0.2) is 27.1 Å². The van der Waals surface area contributed by atoms with Crippen LogP contribution in [0.2, 0.25) is 10.0 Å². The van der Waals surface area contributed by atoms with E-state index in [0.717, 1.165) is 15.9 Å². The molecule has 2 heterocycles. The van der Waals surface area contributed by atoms with E-state index in [0.29, 0.717) is 15.5 Å². The summed E-state index contributed by atoms with van der Waals surface area (Å²) in [4.78, 5) is 8.08. The molecule has 0 aliphatic carbocycles. The molecule has 4 aromatic rings. The first-order valence-electron chi connectivity index (χ1n) is 8.81. The highest BCUT2D eigenvalue weighted by atomic mass is 79.9. The second kappa shape index (κ2) is 13.2. The van der Waals surface area contributed by atoms with Gasteiger partial charge in [-0.25, -0.2) is 4.98 Å². The van der Waals surface area contributed by atoms with Crippen LogP contribution >= 0.6 is 39.1 Å². The quantitative estimate of drug-likeness (QED) is 0.289. The van der Waals surface area contributed by atoms with Gasteiger partial charge in [-0.15, -0.1) is 0 Å². The van der Waals surface area contributed by atoms with Crippen molar-refractivity contribution in [1.29, 1.82) is 0 Å². The third-order valence-electron chi connectivity index (χ3n) is 3.59. The molecule has 0 aliphatic rings. The number of hydrogen-bond acceptors (Lipinski definition) is 4. The topological polar surface area (TPSA) is 66.2 Å². The highest BCUT2D eigenvalue weighted by Crippen LogP contribution is 2.17. The highest BCUT2D eigenvalue weighted by molar-refractivity contribution is 9.10. The number of benzene rings is 2. The molecule has 8 heteroatoms. The molecule has 0 amide bonds. The van der Waals surface area contributed by atoms with Gasteiger partial charge in [-0.1, -0.05) is 83.9 Å². The SMILES string of the molecule is Clc1ccc(-c2ccccc2)nc1.Clc1ccc(Br)nc1.OB(O)c1ccccc1. The summed E-state index contributed by atoms with van der Waals surface area (Å²) >= 11 is 14.4. The van der Waals surface area contributed by atoms with Gasteiger partial charge in [0.25, 0.3) is 0 Å². The van der Waals surface area contributed by atoms with Gasteiger partial charge in [0, 0.05) is 18.0 Å². The van der Waals surface area contributed by atoms with Crippen LogP contribution < -0.4 is 5.46 Å². The van der Waals surface area contributed by atoms with E-state index in [1.165, 1.54) is 0 Å². The summed E-state index contributed by atoms with van der Waals surface area (Å²) in [6.45, 7) is 0. The molecule has 0 atom stereocenters. The second-order valence-electron chi connectivity index (χ2n) is 5.81. The summed E-state index contributed by atoms with van der Waals surface area (Å²) < 4.78 is 0.807. The fourth-order valence-electron chi connectivity index (χ4n) is 2.14. The molecule has 0 unspecified atom stereocenters. The van der Waals surface area contributed by atoms with Crippen molar-refractivity contribution < 1.29 is 10.0 Å². The van der Waals surface area contributed by atoms with Crippen LogP contribution in [-0.2, 0) is 0 Å². The molecule has 0 bridgehead atoms. The van der Waals surface area contributed by atoms with Crippen LogP contribution in [0.25, 0.3) is 11.3 Å². The van der Waals surface area contributed by atoms with Gasteiger partial charge in [-0.05, 0) is 45.7 Å². The average Bonchev–Trinajstić information content (AvgIpc) is 2.78. The molecule has 2 N–H and O–H groups in total. The van der Waals surface area contributed by atoms with Crippen molar-refractivity contribution in [2.45, 2.75) is 0 Å². The Morgan fingerprint density at radius 2 is 1.20 bits per heavy atom. The lowest BCUT2D eigenvalue weighted by molar-refractivity contribution is 0.426. The van der Waals surface area contributed by atoms with Crippen LogP contribution in [0.4, 0.5) is 0 Å². The maximum atomic E-state index is 8.58. The summed E-state index contributed by atoms with van der Waals surface area (Å²) in [5.74, 6) is 0. The second-order valence-corrected chi connectivity index (χ2v) is 7.50. The normalized spacial score (nSPS) is 9.50. The molecule has 0 radical (unpaired) electrons. The lowest BCUT2D eigenvalue weighted by Gasteiger charge is -1.98. The van der Waals surface area contributed by atoms with Crippen LogP contribution in [0.15, 0.2) is 102 Å². The standard InChI is InChI=1S/C11H8ClN.C6H7BO2.C5H3BrClN/c12-10-6-7-11(13-8-10)9-4-2-1-3-5-9;8-7(9)6-4-2-1-3-5-6;6-5-2-1-4(7)3-8-5/h1-8H;1-5,8-9H;1-3H. The number of rotatable bonds is 2. The van der Waals surface area contributed by atoms with E-state index in [1.807, 2.05) is 48.5 Å². The summed E-state index contributed by atoms with van der Waals surface area (Å²) in [7, 11) is -1.34. The fourth-order valence-corrected chi connectivity index (χ4v) is 2.60. The van der Waals surface area contributed by atoms with E-state index in [-0.39, 0.29) is 0 Å². The Labute approximate surface area is 194 Å². The number of hydrogen-bond donors (Lipinski definition) is 2. The van der Waals surface area contributed by atoms with Crippen LogP contribution in [0.1, 0.15) is 0 Å². The van der Waals surface area contributed by atoms with E-state index in [2.05, 4.69) is 25.9 Å². The molecule has 4 nitrogen and oxygen atoms in total. The maximum Gasteiger partial charge on any atom is 0.488 e. The molecule has 0 fully saturated rings. The van der Waals surface area contributed by atoms with E-state index in [4.69, 9.17) is 33.2 Å². The van der Waals surface area contributed by atoms with Gasteiger partial charge >= 0.3 is 7.12 Å². The predicted molar refractivity (Wildman–Crippen MR) is 128 cm³/mol. The maximum absolute atomic E-state index is 8.58. The molecule has 4 rings (SSSR count). The van der Waals surface area contributed by atoms with Gasteiger partial charge in [-0.2, -0.15) is 0 Å². The largest absolute Gasteiger partial charge is 0.488 e. The van der Waals surface area contributed by atoms with Gasteiger partial charge in [-0.3, -0.25) is 4.98 Å². The van der Waals surface area contributed by atoms with Crippen LogP contribution in [0, 0.1) is 0 Å². The molecular weight excluding hydrogens is 486 g/mol. The van der Waals surface area contributed by atoms with Crippen LogP contribution in [0.3, 0.4) is 0 Å². The number of nitrogens with zero attached hydrogens (tertiary/aromatic N) is 2. The van der Waals surface area contributed by atoms with Gasteiger partial charge in [0.05, 0.1) is 15.7 Å². The minimum absolute atomic E-state index is 0.525. The Morgan fingerprint density at radius 1 is 0.667 bits per heavy atom. The fraction of sp³-hybridized carbons (Fsp3) is 0. The minimum Gasteiger partial charge on any atom is -0.423 e. The molecule has 0 saturated heterocycles. The van der Waals surface area contributed by atoms with Crippen molar-refractivity contribution in [3.8, 4) is 11.3 Å². The zero-order valence-electron chi connectivity index (χ0n) is 15.7. The van der Waals surface area contributed by atoms with E-state index < -0.39 is 7.12 Å².